The number of carbonyl (C=O) groups is 1. The van der Waals surface area contributed by atoms with Gasteiger partial charge in [0.2, 0.25) is 11.1 Å². The third-order valence-electron chi connectivity index (χ3n) is 3.52. The lowest BCUT2D eigenvalue weighted by Crippen LogP contribution is -2.31. The highest BCUT2D eigenvalue weighted by Gasteiger charge is 2.22. The Morgan fingerprint density at radius 2 is 2.15 bits per heavy atom. The number of hydrogen-bond acceptors (Lipinski definition) is 5. The van der Waals surface area contributed by atoms with E-state index in [4.69, 9.17) is 0 Å². The molecule has 1 fully saturated rings. The molecule has 1 aliphatic rings. The Kier molecular flexibility index (Phi) is 5.39. The van der Waals surface area contributed by atoms with Gasteiger partial charge in [-0.2, -0.15) is 0 Å². The summed E-state index contributed by atoms with van der Waals surface area (Å²) >= 11 is 1.44. The minimum absolute atomic E-state index is 0.129. The zero-order chi connectivity index (χ0) is 14.5. The second kappa shape index (κ2) is 7.06. The Balaban J connectivity index is 1.88. The van der Waals surface area contributed by atoms with E-state index in [-0.39, 0.29) is 5.91 Å². The van der Waals surface area contributed by atoms with Crippen LogP contribution in [0, 0.1) is 5.92 Å². The molecular weight excluding hydrogens is 274 g/mol. The Morgan fingerprint density at radius 1 is 1.45 bits per heavy atom. The number of thioether (sulfide) groups is 1. The average Bonchev–Trinajstić information content (AvgIpc) is 3.05. The maximum atomic E-state index is 12.0. The van der Waals surface area contributed by atoms with E-state index >= 15 is 0 Å². The van der Waals surface area contributed by atoms with Crippen LogP contribution in [0.25, 0.3) is 0 Å². The van der Waals surface area contributed by atoms with Crippen molar-refractivity contribution >= 4 is 17.7 Å². The van der Waals surface area contributed by atoms with Gasteiger partial charge in [-0.3, -0.25) is 4.79 Å². The summed E-state index contributed by atoms with van der Waals surface area (Å²) in [5.74, 6) is 1.01. The molecule has 0 saturated heterocycles. The van der Waals surface area contributed by atoms with Gasteiger partial charge in [0.05, 0.1) is 11.8 Å². The van der Waals surface area contributed by atoms with E-state index in [2.05, 4.69) is 29.4 Å². The van der Waals surface area contributed by atoms with Crippen molar-refractivity contribution in [3.63, 3.8) is 0 Å². The minimum atomic E-state index is 0.129. The molecule has 112 valence electrons. The SMILES string of the molecule is CC(C)CN(C)C(=O)CSc1nnnn1C1CCCC1. The van der Waals surface area contributed by atoms with Gasteiger partial charge in [-0.1, -0.05) is 38.5 Å². The minimum Gasteiger partial charge on any atom is -0.345 e. The second-order valence-corrected chi connectivity index (χ2v) is 6.74. The number of carbonyl (C=O) groups excluding carboxylic acids is 1. The predicted octanol–water partition coefficient (Wildman–Crippen LogP) is 1.99. The fraction of sp³-hybridized carbons (Fsp3) is 0.846. The van der Waals surface area contributed by atoms with Crippen molar-refractivity contribution in [2.75, 3.05) is 19.3 Å². The van der Waals surface area contributed by atoms with Crippen molar-refractivity contribution < 1.29 is 4.79 Å². The number of aromatic nitrogens is 4. The quantitative estimate of drug-likeness (QED) is 0.751. The van der Waals surface area contributed by atoms with Gasteiger partial charge in [-0.05, 0) is 29.2 Å². The standard InChI is InChI=1S/C13H23N5OS/c1-10(2)8-17(3)12(19)9-20-13-14-15-16-18(13)11-6-4-5-7-11/h10-11H,4-9H2,1-3H3. The van der Waals surface area contributed by atoms with Gasteiger partial charge >= 0.3 is 0 Å². The molecule has 7 heteroatoms. The Morgan fingerprint density at radius 3 is 2.80 bits per heavy atom. The van der Waals surface area contributed by atoms with Crippen LogP contribution in [0.2, 0.25) is 0 Å². The van der Waals surface area contributed by atoms with Crippen LogP contribution in [0.5, 0.6) is 0 Å². The van der Waals surface area contributed by atoms with E-state index in [1.54, 1.807) is 4.90 Å². The first-order valence-corrected chi connectivity index (χ1v) is 8.21. The lowest BCUT2D eigenvalue weighted by Gasteiger charge is -2.19. The third-order valence-corrected chi connectivity index (χ3v) is 4.44. The lowest BCUT2D eigenvalue weighted by molar-refractivity contribution is -0.127. The van der Waals surface area contributed by atoms with E-state index < -0.39 is 0 Å². The second-order valence-electron chi connectivity index (χ2n) is 5.80. The van der Waals surface area contributed by atoms with Crippen LogP contribution >= 0.6 is 11.8 Å². The molecule has 2 rings (SSSR count). The van der Waals surface area contributed by atoms with Gasteiger partial charge in [-0.25, -0.2) is 4.68 Å². The van der Waals surface area contributed by atoms with Crippen molar-refractivity contribution in [1.82, 2.24) is 25.1 Å². The van der Waals surface area contributed by atoms with Crippen LogP contribution in [-0.4, -0.2) is 50.4 Å². The van der Waals surface area contributed by atoms with Crippen LogP contribution < -0.4 is 0 Å². The highest BCUT2D eigenvalue weighted by atomic mass is 32.2. The molecule has 1 aromatic rings. The van der Waals surface area contributed by atoms with Crippen molar-refractivity contribution in [1.29, 1.82) is 0 Å². The number of tetrazole rings is 1. The largest absolute Gasteiger partial charge is 0.345 e. The Hall–Kier alpha value is -1.11. The summed E-state index contributed by atoms with van der Waals surface area (Å²) in [5, 5.41) is 12.6. The summed E-state index contributed by atoms with van der Waals surface area (Å²) < 4.78 is 1.90. The molecule has 1 saturated carbocycles. The molecule has 6 nitrogen and oxygen atoms in total. The first-order valence-electron chi connectivity index (χ1n) is 7.22. The van der Waals surface area contributed by atoms with Gasteiger partial charge in [0, 0.05) is 13.6 Å². The predicted molar refractivity (Wildman–Crippen MR) is 78.5 cm³/mol. The molecule has 0 spiro atoms. The molecule has 20 heavy (non-hydrogen) atoms. The molecule has 1 aromatic heterocycles. The zero-order valence-corrected chi connectivity index (χ0v) is 13.3. The first kappa shape index (κ1) is 15.3. The van der Waals surface area contributed by atoms with Crippen molar-refractivity contribution in [3.05, 3.63) is 0 Å². The summed E-state index contributed by atoms with van der Waals surface area (Å²) in [4.78, 5) is 13.8. The molecular formula is C13H23N5OS. The smallest absolute Gasteiger partial charge is 0.232 e. The number of nitrogens with zero attached hydrogens (tertiary/aromatic N) is 5. The van der Waals surface area contributed by atoms with E-state index in [9.17, 15) is 4.79 Å². The molecule has 1 aliphatic carbocycles. The number of rotatable bonds is 6. The molecule has 0 aliphatic heterocycles. The monoisotopic (exact) mass is 297 g/mol. The summed E-state index contributed by atoms with van der Waals surface area (Å²) in [7, 11) is 1.85. The van der Waals surface area contributed by atoms with Crippen LogP contribution in [0.3, 0.4) is 0 Å². The van der Waals surface area contributed by atoms with E-state index in [0.717, 1.165) is 24.5 Å². The maximum absolute atomic E-state index is 12.0. The number of hydrogen-bond donors (Lipinski definition) is 0. The van der Waals surface area contributed by atoms with E-state index in [1.807, 2.05) is 11.7 Å². The molecule has 1 amide bonds. The van der Waals surface area contributed by atoms with Gasteiger partial charge in [-0.15, -0.1) is 5.10 Å². The first-order chi connectivity index (χ1) is 9.58. The van der Waals surface area contributed by atoms with Gasteiger partial charge < -0.3 is 4.90 Å². The molecule has 0 N–H and O–H groups in total. The summed E-state index contributed by atoms with van der Waals surface area (Å²) in [6.07, 6.45) is 4.76. The summed E-state index contributed by atoms with van der Waals surface area (Å²) in [6, 6.07) is 0.413. The molecule has 0 bridgehead atoms. The van der Waals surface area contributed by atoms with Crippen molar-refractivity contribution in [2.45, 2.75) is 50.7 Å². The summed E-state index contributed by atoms with van der Waals surface area (Å²) in [5.41, 5.74) is 0. The third kappa shape index (κ3) is 3.94. The fourth-order valence-corrected chi connectivity index (χ4v) is 3.43. The normalized spacial score (nSPS) is 16.0. The van der Waals surface area contributed by atoms with Crippen molar-refractivity contribution in [2.24, 2.45) is 5.92 Å². The average molecular weight is 297 g/mol. The molecule has 0 atom stereocenters. The maximum Gasteiger partial charge on any atom is 0.232 e. The van der Waals surface area contributed by atoms with E-state index in [0.29, 0.717) is 17.7 Å². The van der Waals surface area contributed by atoms with E-state index in [1.165, 1.54) is 24.6 Å². The van der Waals surface area contributed by atoms with Gasteiger partial charge in [0.15, 0.2) is 0 Å². The Bertz CT molecular complexity index is 442. The molecule has 0 radical (unpaired) electrons. The lowest BCUT2D eigenvalue weighted by atomic mass is 10.2. The Labute approximate surface area is 124 Å². The van der Waals surface area contributed by atoms with Crippen molar-refractivity contribution in [3.8, 4) is 0 Å². The number of amides is 1. The molecule has 0 aromatic carbocycles. The van der Waals surface area contributed by atoms with Gasteiger partial charge in [0.1, 0.15) is 0 Å². The topological polar surface area (TPSA) is 63.9 Å². The van der Waals surface area contributed by atoms with Crippen LogP contribution in [0.15, 0.2) is 5.16 Å². The van der Waals surface area contributed by atoms with Gasteiger partial charge in [0.25, 0.3) is 0 Å². The zero-order valence-electron chi connectivity index (χ0n) is 12.4. The molecule has 1 heterocycles. The highest BCUT2D eigenvalue weighted by Crippen LogP contribution is 2.31. The highest BCUT2D eigenvalue weighted by molar-refractivity contribution is 7.99. The van der Waals surface area contributed by atoms with Crippen LogP contribution in [0.4, 0.5) is 0 Å². The molecule has 0 unspecified atom stereocenters. The van der Waals surface area contributed by atoms with Crippen LogP contribution in [0.1, 0.15) is 45.6 Å². The van der Waals surface area contributed by atoms with Crippen LogP contribution in [-0.2, 0) is 4.79 Å². The summed E-state index contributed by atoms with van der Waals surface area (Å²) in [6.45, 7) is 5.00. The fourth-order valence-electron chi connectivity index (χ4n) is 2.54.